The minimum Gasteiger partial charge on any atom is -0.623 e. The van der Waals surface area contributed by atoms with Crippen molar-refractivity contribution in [3.63, 3.8) is 0 Å². The molecule has 31 heavy (non-hydrogen) atoms. The summed E-state index contributed by atoms with van der Waals surface area (Å²) in [5.41, 5.74) is 4.25. The molecule has 4 heteroatoms. The molecule has 3 nitrogen and oxygen atoms in total. The van der Waals surface area contributed by atoms with Crippen molar-refractivity contribution >= 4 is 25.7 Å². The molecule has 0 fully saturated rings. The first-order valence-corrected chi connectivity index (χ1v) is 14.3. The van der Waals surface area contributed by atoms with Crippen LogP contribution in [-0.4, -0.2) is 47.9 Å². The van der Waals surface area contributed by atoms with Crippen LogP contribution in [-0.2, 0) is 0 Å². The van der Waals surface area contributed by atoms with E-state index in [-0.39, 0.29) is 10.6 Å². The van der Waals surface area contributed by atoms with E-state index in [1.165, 1.54) is 16.3 Å². The fraction of sp³-hybridized carbons (Fsp3) is 0.556. The maximum absolute atomic E-state index is 13.1. The van der Waals surface area contributed by atoms with Crippen LogP contribution in [0.1, 0.15) is 73.4 Å². The predicted octanol–water partition coefficient (Wildman–Crippen LogP) is 6.09. The van der Waals surface area contributed by atoms with Crippen LogP contribution in [0.15, 0.2) is 30.3 Å². The van der Waals surface area contributed by atoms with E-state index in [1.807, 2.05) is 27.0 Å². The first kappa shape index (κ1) is 25.3. The van der Waals surface area contributed by atoms with Crippen LogP contribution in [0.2, 0.25) is 18.1 Å². The summed E-state index contributed by atoms with van der Waals surface area (Å²) in [6, 6.07) is 10.6. The van der Waals surface area contributed by atoms with Gasteiger partial charge in [-0.15, -0.1) is 0 Å². The third-order valence-corrected chi connectivity index (χ3v) is 12.5. The van der Waals surface area contributed by atoms with Gasteiger partial charge in [0.1, 0.15) is 7.05 Å². The Labute approximate surface area is 191 Å². The summed E-state index contributed by atoms with van der Waals surface area (Å²) in [6.45, 7) is 24.5. The molecule has 0 saturated heterocycles. The van der Waals surface area contributed by atoms with Crippen LogP contribution in [0.5, 0.6) is 0 Å². The minimum atomic E-state index is -1.99. The molecule has 2 rings (SSSR count). The normalized spacial score (nSPS) is 15.0. The molecule has 2 aliphatic carbocycles. The van der Waals surface area contributed by atoms with Gasteiger partial charge in [-0.3, -0.25) is 0 Å². The zero-order valence-corrected chi connectivity index (χ0v) is 22.8. The molecular weight excluding hydrogens is 396 g/mol. The topological polar surface area (TPSA) is 29.1 Å². The van der Waals surface area contributed by atoms with Crippen LogP contribution < -0.4 is 5.19 Å². The van der Waals surface area contributed by atoms with Gasteiger partial charge in [-0.2, -0.15) is 0 Å². The van der Waals surface area contributed by atoms with Crippen LogP contribution >= 0.6 is 0 Å². The molecule has 0 atom stereocenters. The van der Waals surface area contributed by atoms with E-state index < -0.39 is 13.6 Å². The van der Waals surface area contributed by atoms with Gasteiger partial charge < -0.3 is 5.21 Å². The van der Waals surface area contributed by atoms with Crippen molar-refractivity contribution in [3.8, 4) is 11.1 Å². The lowest BCUT2D eigenvalue weighted by Gasteiger charge is -2.38. The average molecular weight is 440 g/mol. The predicted molar refractivity (Wildman–Crippen MR) is 140 cm³/mol. The maximum Gasteiger partial charge on any atom is 0.182 e. The van der Waals surface area contributed by atoms with Crippen molar-refractivity contribution in [2.75, 3.05) is 7.05 Å². The molecule has 0 saturated carbocycles. The molecule has 0 aromatic carbocycles. The summed E-state index contributed by atoms with van der Waals surface area (Å²) in [6.07, 6.45) is 4.16. The van der Waals surface area contributed by atoms with Crippen LogP contribution in [0.4, 0.5) is 0 Å². The smallest absolute Gasteiger partial charge is 0.182 e. The second-order valence-corrected chi connectivity index (χ2v) is 17.6. The highest BCUT2D eigenvalue weighted by Gasteiger charge is 2.43. The highest BCUT2D eigenvalue weighted by molar-refractivity contribution is 6.93. The lowest BCUT2D eigenvalue weighted by Crippen LogP contribution is -2.52. The van der Waals surface area contributed by atoms with E-state index in [0.29, 0.717) is 0 Å². The zero-order chi connectivity index (χ0) is 24.0. The van der Waals surface area contributed by atoms with Crippen molar-refractivity contribution in [2.24, 2.45) is 0 Å². The maximum atomic E-state index is 13.1. The SMILES string of the molecule is C[N+](=Cc1c2cccccc-2c(/C=[N+](\[O-])C(C)(C)C)c1[Si](C)(C)C(C)(C)C)C(C)(C)C. The van der Waals surface area contributed by atoms with E-state index >= 15 is 0 Å². The van der Waals surface area contributed by atoms with Gasteiger partial charge in [0, 0.05) is 31.9 Å². The van der Waals surface area contributed by atoms with Crippen molar-refractivity contribution in [1.82, 2.24) is 0 Å². The summed E-state index contributed by atoms with van der Waals surface area (Å²) in [4.78, 5) is 0. The highest BCUT2D eigenvalue weighted by atomic mass is 28.3. The van der Waals surface area contributed by atoms with E-state index in [4.69, 9.17) is 0 Å². The Bertz CT molecular complexity index is 915. The standard InChI is InChI=1S/C27H43N2OSi/c1-25(2,3)28(10)18-22-20-16-14-13-15-17-21(20)23(19-29(30)26(4,5)6)24(22)31(11,12)27(7,8)9/h13-19H,1-12H3/q+1/b28-18?,29-19-. The summed E-state index contributed by atoms with van der Waals surface area (Å²) in [5, 5.41) is 14.6. The molecule has 2 aliphatic rings. The Balaban J connectivity index is 3.11. The van der Waals surface area contributed by atoms with Crippen molar-refractivity contribution in [3.05, 3.63) is 46.7 Å². The number of fused-ring (bicyclic) bond motifs is 1. The summed E-state index contributed by atoms with van der Waals surface area (Å²) in [7, 11) is 0.162. The van der Waals surface area contributed by atoms with Gasteiger partial charge in [0.25, 0.3) is 0 Å². The largest absolute Gasteiger partial charge is 0.623 e. The zero-order valence-electron chi connectivity index (χ0n) is 21.8. The molecule has 0 aliphatic heterocycles. The van der Waals surface area contributed by atoms with E-state index in [0.717, 1.165) is 15.9 Å². The molecule has 0 bridgehead atoms. The third kappa shape index (κ3) is 5.11. The van der Waals surface area contributed by atoms with Gasteiger partial charge in [-0.05, 0) is 42.1 Å². The monoisotopic (exact) mass is 439 g/mol. The summed E-state index contributed by atoms with van der Waals surface area (Å²) >= 11 is 0. The number of nitrogens with zero attached hydrogens (tertiary/aromatic N) is 2. The molecule has 0 spiro atoms. The van der Waals surface area contributed by atoms with E-state index in [2.05, 4.69) is 103 Å². The number of hydrogen-bond acceptors (Lipinski definition) is 1. The fourth-order valence-corrected chi connectivity index (χ4v) is 5.94. The van der Waals surface area contributed by atoms with Gasteiger partial charge in [0.05, 0.1) is 8.07 Å². The van der Waals surface area contributed by atoms with E-state index in [1.54, 1.807) is 0 Å². The van der Waals surface area contributed by atoms with E-state index in [9.17, 15) is 5.21 Å². The molecule has 0 aromatic rings. The molecular formula is C27H43N2OSi+. The highest BCUT2D eigenvalue weighted by Crippen LogP contribution is 2.40. The molecule has 0 aromatic heterocycles. The van der Waals surface area contributed by atoms with Crippen LogP contribution in [0, 0.1) is 5.21 Å². The summed E-state index contributed by atoms with van der Waals surface area (Å²) < 4.78 is 3.43. The minimum absolute atomic E-state index is 0.00508. The molecule has 0 N–H and O–H groups in total. The molecule has 170 valence electrons. The molecule has 0 amide bonds. The summed E-state index contributed by atoms with van der Waals surface area (Å²) in [5.74, 6) is 0. The van der Waals surface area contributed by atoms with Gasteiger partial charge in [0.2, 0.25) is 0 Å². The molecule has 0 radical (unpaired) electrons. The quantitative estimate of drug-likeness (QED) is 0.187. The lowest BCUT2D eigenvalue weighted by molar-refractivity contribution is -0.565. The number of hydroxylamine groups is 1. The number of hydrogen-bond donors (Lipinski definition) is 0. The van der Waals surface area contributed by atoms with Gasteiger partial charge in [0.15, 0.2) is 23.5 Å². The van der Waals surface area contributed by atoms with Gasteiger partial charge in [-0.1, -0.05) is 64.2 Å². The second kappa shape index (κ2) is 8.20. The van der Waals surface area contributed by atoms with Gasteiger partial charge in [-0.25, -0.2) is 9.31 Å². The van der Waals surface area contributed by atoms with Crippen molar-refractivity contribution < 1.29 is 9.31 Å². The fourth-order valence-electron chi connectivity index (χ4n) is 3.45. The number of rotatable bonds is 3. The second-order valence-electron chi connectivity index (χ2n) is 12.4. The lowest BCUT2D eigenvalue weighted by atomic mass is 10.1. The van der Waals surface area contributed by atoms with Crippen molar-refractivity contribution in [1.29, 1.82) is 0 Å². The average Bonchev–Trinajstić information content (AvgIpc) is 2.73. The molecule has 0 heterocycles. The first-order valence-electron chi connectivity index (χ1n) is 11.3. The Kier molecular flexibility index (Phi) is 6.69. The Morgan fingerprint density at radius 3 is 1.58 bits per heavy atom. The Morgan fingerprint density at radius 1 is 0.742 bits per heavy atom. The van der Waals surface area contributed by atoms with Gasteiger partial charge >= 0.3 is 0 Å². The Hall–Kier alpha value is -1.94. The third-order valence-electron chi connectivity index (χ3n) is 6.95. The Morgan fingerprint density at radius 2 is 1.19 bits per heavy atom. The van der Waals surface area contributed by atoms with Crippen molar-refractivity contribution in [2.45, 2.75) is 91.5 Å². The first-order chi connectivity index (χ1) is 13.9. The molecule has 0 unspecified atom stereocenters. The van der Waals surface area contributed by atoms with Crippen LogP contribution in [0.25, 0.3) is 11.1 Å². The van der Waals surface area contributed by atoms with Crippen LogP contribution in [0.3, 0.4) is 0 Å².